The molecule has 0 radical (unpaired) electrons. The summed E-state index contributed by atoms with van der Waals surface area (Å²) in [5.74, 6) is 0.194. The molecule has 0 aliphatic carbocycles. The highest BCUT2D eigenvalue weighted by molar-refractivity contribution is 6.64. The molecule has 0 aliphatic heterocycles. The van der Waals surface area contributed by atoms with Crippen molar-refractivity contribution >= 4 is 16.8 Å². The Morgan fingerprint density at radius 1 is 1.36 bits per heavy atom. The van der Waals surface area contributed by atoms with Crippen molar-refractivity contribution in [2.75, 3.05) is 13.1 Å². The van der Waals surface area contributed by atoms with Crippen LogP contribution < -0.4 is 0 Å². The third-order valence-electron chi connectivity index (χ3n) is 1.98. The van der Waals surface area contributed by atoms with E-state index in [2.05, 4.69) is 13.2 Å². The zero-order valence-corrected chi connectivity index (χ0v) is 9.63. The van der Waals surface area contributed by atoms with Crippen LogP contribution in [0.2, 0.25) is 0 Å². The summed E-state index contributed by atoms with van der Waals surface area (Å²) in [6.45, 7) is 12.6. The van der Waals surface area contributed by atoms with Crippen molar-refractivity contribution in [3.8, 4) is 0 Å². The van der Waals surface area contributed by atoms with Crippen molar-refractivity contribution in [3.05, 3.63) is 25.3 Å². The van der Waals surface area contributed by atoms with Gasteiger partial charge in [0.05, 0.1) is 6.04 Å². The lowest BCUT2D eigenvalue weighted by molar-refractivity contribution is -0.117. The maximum atomic E-state index is 11.2. The van der Waals surface area contributed by atoms with Gasteiger partial charge in [0.1, 0.15) is 0 Å². The monoisotopic (exact) mass is 215 g/mol. The first-order valence-electron chi connectivity index (χ1n) is 4.69. The maximum Gasteiger partial charge on any atom is 0.239 e. The van der Waals surface area contributed by atoms with E-state index in [4.69, 9.17) is 11.6 Å². The summed E-state index contributed by atoms with van der Waals surface area (Å²) in [5.41, 5.74) is 0. The summed E-state index contributed by atoms with van der Waals surface area (Å²) in [6, 6.07) is -0.257. The Labute approximate surface area is 91.2 Å². The number of halogens is 1. The molecule has 1 atom stereocenters. The van der Waals surface area contributed by atoms with Gasteiger partial charge in [-0.2, -0.15) is 0 Å². The number of rotatable bonds is 7. The van der Waals surface area contributed by atoms with Crippen molar-refractivity contribution < 1.29 is 4.79 Å². The SMILES string of the molecule is C=CCN(CC=C)C(C(=O)Cl)C(C)C. The van der Waals surface area contributed by atoms with Crippen LogP contribution in [0.5, 0.6) is 0 Å². The van der Waals surface area contributed by atoms with Crippen molar-refractivity contribution in [2.24, 2.45) is 5.92 Å². The van der Waals surface area contributed by atoms with Crippen LogP contribution in [-0.4, -0.2) is 29.3 Å². The molecule has 0 amide bonds. The third-order valence-corrected chi connectivity index (χ3v) is 2.21. The van der Waals surface area contributed by atoms with E-state index in [-0.39, 0.29) is 17.2 Å². The summed E-state index contributed by atoms with van der Waals surface area (Å²) in [6.07, 6.45) is 3.53. The van der Waals surface area contributed by atoms with Crippen molar-refractivity contribution in [1.82, 2.24) is 4.90 Å². The fourth-order valence-electron chi connectivity index (χ4n) is 1.46. The van der Waals surface area contributed by atoms with Crippen LogP contribution in [0.1, 0.15) is 13.8 Å². The maximum absolute atomic E-state index is 11.2. The second-order valence-corrected chi connectivity index (χ2v) is 3.90. The normalized spacial score (nSPS) is 12.9. The molecule has 0 N–H and O–H groups in total. The molecule has 14 heavy (non-hydrogen) atoms. The van der Waals surface area contributed by atoms with Gasteiger partial charge in [0.25, 0.3) is 0 Å². The predicted molar refractivity (Wildman–Crippen MR) is 61.5 cm³/mol. The molecule has 1 unspecified atom stereocenters. The Hall–Kier alpha value is -0.600. The van der Waals surface area contributed by atoms with Crippen LogP contribution in [0.4, 0.5) is 0 Å². The highest BCUT2D eigenvalue weighted by Crippen LogP contribution is 2.13. The van der Waals surface area contributed by atoms with Crippen LogP contribution >= 0.6 is 11.6 Å². The lowest BCUT2D eigenvalue weighted by Crippen LogP contribution is -2.43. The van der Waals surface area contributed by atoms with E-state index >= 15 is 0 Å². The first-order chi connectivity index (χ1) is 6.54. The van der Waals surface area contributed by atoms with Crippen molar-refractivity contribution in [2.45, 2.75) is 19.9 Å². The Bertz CT molecular complexity index is 203. The summed E-state index contributed by atoms with van der Waals surface area (Å²) in [7, 11) is 0. The number of carbonyl (C=O) groups is 1. The van der Waals surface area contributed by atoms with E-state index in [9.17, 15) is 4.79 Å². The van der Waals surface area contributed by atoms with Gasteiger partial charge in [0.2, 0.25) is 5.24 Å². The minimum absolute atomic E-state index is 0.194. The number of carbonyl (C=O) groups excluding carboxylic acids is 1. The fraction of sp³-hybridized carbons (Fsp3) is 0.545. The van der Waals surface area contributed by atoms with Gasteiger partial charge in [-0.15, -0.1) is 13.2 Å². The molecule has 0 bridgehead atoms. The molecule has 0 aromatic heterocycles. The molecule has 0 saturated heterocycles. The zero-order valence-electron chi connectivity index (χ0n) is 8.87. The van der Waals surface area contributed by atoms with E-state index in [1.54, 1.807) is 12.2 Å². The van der Waals surface area contributed by atoms with Crippen molar-refractivity contribution in [1.29, 1.82) is 0 Å². The second-order valence-electron chi connectivity index (χ2n) is 3.52. The molecule has 2 nitrogen and oxygen atoms in total. The molecular formula is C11H18ClNO. The second kappa shape index (κ2) is 6.80. The molecule has 0 rings (SSSR count). The lowest BCUT2D eigenvalue weighted by Gasteiger charge is -2.29. The Morgan fingerprint density at radius 3 is 2.00 bits per heavy atom. The quantitative estimate of drug-likeness (QED) is 0.480. The first kappa shape index (κ1) is 13.4. The van der Waals surface area contributed by atoms with Gasteiger partial charge in [0.15, 0.2) is 0 Å². The fourth-order valence-corrected chi connectivity index (χ4v) is 1.85. The molecule has 3 heteroatoms. The van der Waals surface area contributed by atoms with Gasteiger partial charge in [-0.3, -0.25) is 9.69 Å². The zero-order chi connectivity index (χ0) is 11.1. The largest absolute Gasteiger partial charge is 0.285 e. The highest BCUT2D eigenvalue weighted by atomic mass is 35.5. The van der Waals surface area contributed by atoms with Crippen LogP contribution in [0, 0.1) is 5.92 Å². The van der Waals surface area contributed by atoms with Gasteiger partial charge in [-0.05, 0) is 17.5 Å². The lowest BCUT2D eigenvalue weighted by atomic mass is 10.0. The number of nitrogens with zero attached hydrogens (tertiary/aromatic N) is 1. The van der Waals surface area contributed by atoms with Gasteiger partial charge >= 0.3 is 0 Å². The molecule has 0 aromatic carbocycles. The molecule has 0 aromatic rings. The topological polar surface area (TPSA) is 20.3 Å². The predicted octanol–water partition coefficient (Wildman–Crippen LogP) is 2.45. The molecule has 0 spiro atoms. The average molecular weight is 216 g/mol. The van der Waals surface area contributed by atoms with Crippen LogP contribution in [0.15, 0.2) is 25.3 Å². The molecule has 0 aliphatic rings. The van der Waals surface area contributed by atoms with E-state index in [0.717, 1.165) is 0 Å². The number of hydrogen-bond donors (Lipinski definition) is 0. The average Bonchev–Trinajstić information content (AvgIpc) is 2.03. The van der Waals surface area contributed by atoms with E-state index in [0.29, 0.717) is 13.1 Å². The van der Waals surface area contributed by atoms with Crippen LogP contribution in [0.25, 0.3) is 0 Å². The van der Waals surface area contributed by atoms with Crippen LogP contribution in [-0.2, 0) is 4.79 Å². The molecule has 0 fully saturated rings. The Balaban J connectivity index is 4.61. The summed E-state index contributed by atoms with van der Waals surface area (Å²) in [4.78, 5) is 13.2. The standard InChI is InChI=1S/C11H18ClNO/c1-5-7-13(8-6-2)10(9(3)4)11(12)14/h5-6,9-10H,1-2,7-8H2,3-4H3. The van der Waals surface area contributed by atoms with Crippen LogP contribution in [0.3, 0.4) is 0 Å². The molecule has 0 heterocycles. The third kappa shape index (κ3) is 4.07. The summed E-state index contributed by atoms with van der Waals surface area (Å²) >= 11 is 5.56. The minimum Gasteiger partial charge on any atom is -0.285 e. The first-order valence-corrected chi connectivity index (χ1v) is 5.07. The Kier molecular flexibility index (Phi) is 6.50. The van der Waals surface area contributed by atoms with Gasteiger partial charge in [-0.1, -0.05) is 26.0 Å². The molecule has 80 valence electrons. The molecule has 0 saturated carbocycles. The van der Waals surface area contributed by atoms with Gasteiger partial charge in [0, 0.05) is 13.1 Å². The molecular weight excluding hydrogens is 198 g/mol. The van der Waals surface area contributed by atoms with E-state index in [1.807, 2.05) is 18.7 Å². The van der Waals surface area contributed by atoms with Crippen molar-refractivity contribution in [3.63, 3.8) is 0 Å². The smallest absolute Gasteiger partial charge is 0.239 e. The Morgan fingerprint density at radius 2 is 1.79 bits per heavy atom. The van der Waals surface area contributed by atoms with Gasteiger partial charge < -0.3 is 0 Å². The van der Waals surface area contributed by atoms with E-state index < -0.39 is 0 Å². The van der Waals surface area contributed by atoms with Gasteiger partial charge in [-0.25, -0.2) is 0 Å². The minimum atomic E-state index is -0.316. The number of hydrogen-bond acceptors (Lipinski definition) is 2. The highest BCUT2D eigenvalue weighted by Gasteiger charge is 2.25. The van der Waals surface area contributed by atoms with E-state index in [1.165, 1.54) is 0 Å². The summed E-state index contributed by atoms with van der Waals surface area (Å²) < 4.78 is 0. The summed E-state index contributed by atoms with van der Waals surface area (Å²) in [5, 5.41) is -0.316.